The zero-order valence-corrected chi connectivity index (χ0v) is 27.9. The standard InChI is InChI=1S/C46H32N4O/c1-29(51)46-34-28-41(50-46)45(33-20-12-5-13-21-33)40-27-26-39(49-40)44(32-18-10-4-11-19-32)38-25-24-37(48-38)43(31-16-8-3-9-17-31)36-23-22-35(47-36)42(34)30-14-6-2-7-15-30/h2-28,47,49H,1H3. The molecule has 7 aromatic rings. The van der Waals surface area contributed by atoms with Gasteiger partial charge in [0.2, 0.25) is 0 Å². The Morgan fingerprint density at radius 2 is 0.843 bits per heavy atom. The second-order valence-electron chi connectivity index (χ2n) is 12.7. The first-order chi connectivity index (χ1) is 25.1. The van der Waals surface area contributed by atoms with Crippen LogP contribution in [-0.2, 0) is 4.79 Å². The average molecular weight is 657 g/mol. The third kappa shape index (κ3) is 5.42. The SMILES string of the molecule is CC(=O)C1=Nc2cc1c(-c1ccccc1)c1ccc([nH]1)c(-c1ccccc1)c1nc(c(-c3ccccc3)c3ccc([nH]3)c2-c2ccccc2)C=C1. The van der Waals surface area contributed by atoms with Crippen molar-refractivity contribution in [1.82, 2.24) is 15.0 Å². The monoisotopic (exact) mass is 656 g/mol. The molecule has 4 aromatic carbocycles. The number of carbonyl (C=O) groups excluding carboxylic acids is 1. The Kier molecular flexibility index (Phi) is 7.44. The van der Waals surface area contributed by atoms with E-state index in [9.17, 15) is 4.79 Å². The first-order valence-corrected chi connectivity index (χ1v) is 17.1. The molecule has 2 aliphatic heterocycles. The Morgan fingerprint density at radius 3 is 1.27 bits per heavy atom. The minimum Gasteiger partial charge on any atom is -0.354 e. The Morgan fingerprint density at radius 1 is 0.471 bits per heavy atom. The lowest BCUT2D eigenvalue weighted by atomic mass is 9.96. The average Bonchev–Trinajstić information content (AvgIpc) is 4.00. The van der Waals surface area contributed by atoms with Crippen LogP contribution in [0.4, 0.5) is 5.69 Å². The molecule has 0 unspecified atom stereocenters. The lowest BCUT2D eigenvalue weighted by Crippen LogP contribution is -2.10. The van der Waals surface area contributed by atoms with E-state index in [1.165, 1.54) is 0 Å². The van der Waals surface area contributed by atoms with Gasteiger partial charge in [0.05, 0.1) is 17.1 Å². The van der Waals surface area contributed by atoms with Crippen molar-refractivity contribution in [2.75, 3.05) is 0 Å². The first kappa shape index (κ1) is 30.2. The molecule has 2 aliphatic rings. The fraction of sp³-hybridized carbons (Fsp3) is 0.0217. The number of ketones is 1. The molecular weight excluding hydrogens is 625 g/mol. The molecule has 5 heterocycles. The van der Waals surface area contributed by atoms with E-state index in [4.69, 9.17) is 9.98 Å². The van der Waals surface area contributed by atoms with E-state index in [0.717, 1.165) is 83.5 Å². The van der Waals surface area contributed by atoms with E-state index in [1.54, 1.807) is 6.92 Å². The zero-order valence-electron chi connectivity index (χ0n) is 27.9. The van der Waals surface area contributed by atoms with Gasteiger partial charge < -0.3 is 9.97 Å². The number of nitrogens with one attached hydrogen (secondary N) is 2. The molecule has 0 spiro atoms. The number of fused-ring (bicyclic) bond motifs is 8. The van der Waals surface area contributed by atoms with Gasteiger partial charge in [-0.15, -0.1) is 0 Å². The summed E-state index contributed by atoms with van der Waals surface area (Å²) in [5.41, 5.74) is 15.1. The van der Waals surface area contributed by atoms with Gasteiger partial charge in [-0.25, -0.2) is 9.98 Å². The van der Waals surface area contributed by atoms with Crippen LogP contribution in [0.2, 0.25) is 0 Å². The van der Waals surface area contributed by atoms with E-state index in [2.05, 4.69) is 125 Å². The van der Waals surface area contributed by atoms with Crippen molar-refractivity contribution in [3.05, 3.63) is 169 Å². The van der Waals surface area contributed by atoms with Crippen LogP contribution in [0.25, 0.3) is 78.7 Å². The van der Waals surface area contributed by atoms with Crippen molar-refractivity contribution in [2.45, 2.75) is 6.92 Å². The van der Waals surface area contributed by atoms with Gasteiger partial charge in [0.15, 0.2) is 5.78 Å². The van der Waals surface area contributed by atoms with Crippen molar-refractivity contribution in [1.29, 1.82) is 0 Å². The number of benzene rings is 4. The van der Waals surface area contributed by atoms with Gasteiger partial charge in [0.25, 0.3) is 0 Å². The normalized spacial score (nSPS) is 12.1. The number of nitrogens with zero attached hydrogens (tertiary/aromatic N) is 2. The fourth-order valence-electron chi connectivity index (χ4n) is 7.22. The second kappa shape index (κ2) is 12.6. The van der Waals surface area contributed by atoms with Crippen molar-refractivity contribution in [3.8, 4) is 44.5 Å². The molecule has 0 saturated heterocycles. The number of aromatic amines is 2. The van der Waals surface area contributed by atoms with E-state index in [1.807, 2.05) is 48.5 Å². The highest BCUT2D eigenvalue weighted by molar-refractivity contribution is 6.48. The van der Waals surface area contributed by atoms with Crippen molar-refractivity contribution < 1.29 is 4.79 Å². The molecule has 3 aromatic heterocycles. The number of rotatable bonds is 5. The van der Waals surface area contributed by atoms with Crippen LogP contribution in [0.3, 0.4) is 0 Å². The lowest BCUT2D eigenvalue weighted by Gasteiger charge is -2.07. The van der Waals surface area contributed by atoms with Gasteiger partial charge in [-0.2, -0.15) is 0 Å². The highest BCUT2D eigenvalue weighted by Gasteiger charge is 2.24. The Labute approximate surface area is 295 Å². The number of aromatic nitrogens is 3. The molecule has 2 N–H and O–H groups in total. The summed E-state index contributed by atoms with van der Waals surface area (Å²) in [5.74, 6) is -0.0987. The molecule has 0 saturated carbocycles. The molecule has 51 heavy (non-hydrogen) atoms. The number of hydrogen-bond donors (Lipinski definition) is 2. The quantitative estimate of drug-likeness (QED) is 0.193. The lowest BCUT2D eigenvalue weighted by molar-refractivity contribution is -0.111. The molecule has 242 valence electrons. The van der Waals surface area contributed by atoms with E-state index in [0.29, 0.717) is 11.4 Å². The molecule has 9 rings (SSSR count). The molecule has 5 nitrogen and oxygen atoms in total. The van der Waals surface area contributed by atoms with Gasteiger partial charge in [-0.3, -0.25) is 4.79 Å². The van der Waals surface area contributed by atoms with Crippen LogP contribution in [0.5, 0.6) is 0 Å². The summed E-state index contributed by atoms with van der Waals surface area (Å²) < 4.78 is 0. The maximum absolute atomic E-state index is 13.5. The predicted molar refractivity (Wildman–Crippen MR) is 211 cm³/mol. The minimum atomic E-state index is -0.0987. The van der Waals surface area contributed by atoms with Crippen LogP contribution in [-0.4, -0.2) is 26.4 Å². The molecule has 0 atom stereocenters. The highest BCUT2D eigenvalue weighted by Crippen LogP contribution is 2.41. The fourth-order valence-corrected chi connectivity index (χ4v) is 7.22. The molecule has 8 bridgehead atoms. The number of carbonyl (C=O) groups is 1. The summed E-state index contributed by atoms with van der Waals surface area (Å²) in [5, 5.41) is 0. The van der Waals surface area contributed by atoms with Crippen molar-refractivity contribution in [3.63, 3.8) is 0 Å². The molecule has 5 heteroatoms. The predicted octanol–water partition coefficient (Wildman–Crippen LogP) is 11.5. The molecule has 0 fully saturated rings. The van der Waals surface area contributed by atoms with Gasteiger partial charge in [0, 0.05) is 56.8 Å². The second-order valence-corrected chi connectivity index (χ2v) is 12.7. The largest absolute Gasteiger partial charge is 0.354 e. The van der Waals surface area contributed by atoms with Crippen LogP contribution >= 0.6 is 0 Å². The summed E-state index contributed by atoms with van der Waals surface area (Å²) in [4.78, 5) is 31.5. The van der Waals surface area contributed by atoms with E-state index in [-0.39, 0.29) is 5.78 Å². The van der Waals surface area contributed by atoms with Gasteiger partial charge >= 0.3 is 0 Å². The Hall–Kier alpha value is -6.85. The zero-order chi connectivity index (χ0) is 34.3. The highest BCUT2D eigenvalue weighted by atomic mass is 16.1. The molecule has 0 amide bonds. The maximum Gasteiger partial charge on any atom is 0.178 e. The third-order valence-electron chi connectivity index (χ3n) is 9.48. The van der Waals surface area contributed by atoms with Crippen molar-refractivity contribution in [2.24, 2.45) is 4.99 Å². The topological polar surface area (TPSA) is 73.9 Å². The van der Waals surface area contributed by atoms with Crippen LogP contribution in [0.1, 0.15) is 23.9 Å². The number of hydrogen-bond acceptors (Lipinski definition) is 3. The number of H-pyrrole nitrogens is 2. The van der Waals surface area contributed by atoms with Gasteiger partial charge in [-0.1, -0.05) is 121 Å². The molecular formula is C46H32N4O. The Bertz CT molecular complexity index is 2690. The van der Waals surface area contributed by atoms with E-state index >= 15 is 0 Å². The number of aliphatic imine (C=N–C) groups is 1. The van der Waals surface area contributed by atoms with Gasteiger partial charge in [-0.05, 0) is 64.7 Å². The Balaban J connectivity index is 1.52. The maximum atomic E-state index is 13.5. The number of Topliss-reactive ketones (excluding diaryl/α,β-unsaturated/α-hetero) is 1. The van der Waals surface area contributed by atoms with E-state index < -0.39 is 0 Å². The summed E-state index contributed by atoms with van der Waals surface area (Å²) in [6.07, 6.45) is 4.21. The first-order valence-electron chi connectivity index (χ1n) is 17.1. The van der Waals surface area contributed by atoms with Crippen LogP contribution in [0.15, 0.2) is 157 Å². The summed E-state index contributed by atoms with van der Waals surface area (Å²) in [6.45, 7) is 1.59. The summed E-state index contributed by atoms with van der Waals surface area (Å²) in [6, 6.07) is 51.7. The van der Waals surface area contributed by atoms with Crippen LogP contribution in [0, 0.1) is 0 Å². The minimum absolute atomic E-state index is 0.0987. The van der Waals surface area contributed by atoms with Crippen molar-refractivity contribution >= 4 is 51.4 Å². The molecule has 0 aliphatic carbocycles. The summed E-state index contributed by atoms with van der Waals surface area (Å²) in [7, 11) is 0. The summed E-state index contributed by atoms with van der Waals surface area (Å²) >= 11 is 0. The van der Waals surface area contributed by atoms with Crippen LogP contribution < -0.4 is 0 Å². The van der Waals surface area contributed by atoms with Gasteiger partial charge in [0.1, 0.15) is 5.71 Å². The smallest absolute Gasteiger partial charge is 0.178 e. The third-order valence-corrected chi connectivity index (χ3v) is 9.48. The molecule has 0 radical (unpaired) electrons.